The second-order valence-electron chi connectivity index (χ2n) is 21.4. The second kappa shape index (κ2) is 27.2. The van der Waals surface area contributed by atoms with Gasteiger partial charge in [0.1, 0.15) is 29.9 Å². The SMILES string of the molecule is C=CCOC12Oc3ccc(Oc4ccc5ccccc5c4)cc3C3C(CCCCO)C(CCCCO)C=C(C(=NOCc4ccc([N+](=O)[O-])cc4)CC1N(Cc1ccc4c(c1)OCO4)C(=O)CCCCCCCCCCC)C32. The Kier molecular flexibility index (Phi) is 19.5. The van der Waals surface area contributed by atoms with Crippen LogP contribution in [-0.4, -0.2) is 70.1 Å². The van der Waals surface area contributed by atoms with Gasteiger partial charge in [-0.15, -0.1) is 6.58 Å². The third kappa shape index (κ3) is 13.2. The van der Waals surface area contributed by atoms with Gasteiger partial charge >= 0.3 is 0 Å². The van der Waals surface area contributed by atoms with Gasteiger partial charge < -0.3 is 43.6 Å². The quantitative estimate of drug-likeness (QED) is 0.0194. The normalized spacial score (nSPS) is 21.3. The molecule has 2 heterocycles. The summed E-state index contributed by atoms with van der Waals surface area (Å²) in [5.41, 5.74) is 4.03. The van der Waals surface area contributed by atoms with E-state index in [1.807, 2.05) is 59.5 Å². The van der Waals surface area contributed by atoms with E-state index in [0.717, 1.165) is 78.8 Å². The van der Waals surface area contributed by atoms with Gasteiger partial charge in [0.15, 0.2) is 11.5 Å². The number of fused-ring (bicyclic) bond motifs is 4. The zero-order valence-electron chi connectivity index (χ0n) is 45.2. The van der Waals surface area contributed by atoms with Gasteiger partial charge in [0, 0.05) is 56.2 Å². The van der Waals surface area contributed by atoms with Crippen LogP contribution in [0, 0.1) is 27.9 Å². The molecule has 0 radical (unpaired) electrons. The van der Waals surface area contributed by atoms with Gasteiger partial charge in [-0.2, -0.15) is 0 Å². The van der Waals surface area contributed by atoms with Crippen LogP contribution >= 0.6 is 0 Å². The summed E-state index contributed by atoms with van der Waals surface area (Å²) in [5.74, 6) is 0.881. The number of hydrogen-bond acceptors (Lipinski definition) is 12. The van der Waals surface area contributed by atoms with Crippen LogP contribution in [0.25, 0.3) is 10.8 Å². The maximum Gasteiger partial charge on any atom is 0.269 e. The molecule has 0 spiro atoms. The van der Waals surface area contributed by atoms with Crippen molar-refractivity contribution in [3.63, 3.8) is 0 Å². The van der Waals surface area contributed by atoms with Crippen molar-refractivity contribution in [2.75, 3.05) is 26.6 Å². The highest BCUT2D eigenvalue weighted by Crippen LogP contribution is 2.62. The summed E-state index contributed by atoms with van der Waals surface area (Å²) in [6.07, 6.45) is 19.0. The number of aliphatic hydroxyl groups excluding tert-OH is 2. The summed E-state index contributed by atoms with van der Waals surface area (Å²) in [7, 11) is 0. The molecule has 9 rings (SSSR count). The molecule has 14 heteroatoms. The van der Waals surface area contributed by atoms with Gasteiger partial charge in [-0.05, 0) is 126 Å². The highest BCUT2D eigenvalue weighted by atomic mass is 16.7. The van der Waals surface area contributed by atoms with Gasteiger partial charge in [-0.1, -0.05) is 125 Å². The van der Waals surface area contributed by atoms with Crippen molar-refractivity contribution in [3.05, 3.63) is 154 Å². The Morgan fingerprint density at radius 3 is 2.24 bits per heavy atom. The Bertz CT molecular complexity index is 2890. The summed E-state index contributed by atoms with van der Waals surface area (Å²) < 4.78 is 33.3. The minimum Gasteiger partial charge on any atom is -0.459 e. The van der Waals surface area contributed by atoms with Crippen LogP contribution in [0.4, 0.5) is 5.69 Å². The van der Waals surface area contributed by atoms with E-state index in [1.54, 1.807) is 18.2 Å². The molecule has 2 aliphatic carbocycles. The lowest BCUT2D eigenvalue weighted by Gasteiger charge is -2.60. The van der Waals surface area contributed by atoms with E-state index in [4.69, 9.17) is 33.7 Å². The molecule has 6 atom stereocenters. The number of aliphatic hydroxyl groups is 2. The molecule has 6 unspecified atom stereocenters. The van der Waals surface area contributed by atoms with E-state index in [1.165, 1.54) is 44.2 Å². The Morgan fingerprint density at radius 1 is 0.795 bits per heavy atom. The number of amides is 1. The fraction of sp³-hybridized carbons (Fsp3) is 0.469. The van der Waals surface area contributed by atoms with Gasteiger partial charge in [0.05, 0.1) is 23.2 Å². The Hall–Kier alpha value is -6.74. The zero-order chi connectivity index (χ0) is 54.3. The molecule has 1 amide bonds. The average molecular weight is 1060 g/mol. The largest absolute Gasteiger partial charge is 0.459 e. The molecular formula is C64H77N3O11. The molecule has 0 aromatic heterocycles. The van der Waals surface area contributed by atoms with Crippen molar-refractivity contribution in [1.82, 2.24) is 4.90 Å². The van der Waals surface area contributed by atoms with Crippen LogP contribution < -0.4 is 18.9 Å². The fourth-order valence-electron chi connectivity index (χ4n) is 12.3. The number of nitro groups is 1. The lowest BCUT2D eigenvalue weighted by molar-refractivity contribution is -0.384. The Labute approximate surface area is 459 Å². The molecule has 4 aliphatic rings. The molecule has 2 N–H and O–H groups in total. The van der Waals surface area contributed by atoms with Crippen molar-refractivity contribution in [1.29, 1.82) is 0 Å². The Morgan fingerprint density at radius 2 is 1.49 bits per heavy atom. The van der Waals surface area contributed by atoms with E-state index in [2.05, 4.69) is 43.8 Å². The molecule has 0 saturated heterocycles. The van der Waals surface area contributed by atoms with Crippen molar-refractivity contribution in [3.8, 4) is 28.7 Å². The van der Waals surface area contributed by atoms with Crippen molar-refractivity contribution < 1.29 is 48.5 Å². The summed E-state index contributed by atoms with van der Waals surface area (Å²) in [6, 6.07) is 31.6. The molecule has 2 aliphatic heterocycles. The molecule has 78 heavy (non-hydrogen) atoms. The van der Waals surface area contributed by atoms with E-state index < -0.39 is 22.7 Å². The average Bonchev–Trinajstić information content (AvgIpc) is 2.89. The molecule has 0 bridgehead atoms. The number of rotatable bonds is 30. The first-order valence-electron chi connectivity index (χ1n) is 28.5. The number of nitrogens with zero attached hydrogens (tertiary/aromatic N) is 3. The number of hydrogen-bond donors (Lipinski definition) is 2. The third-order valence-electron chi connectivity index (χ3n) is 16.1. The number of ether oxygens (including phenoxy) is 5. The van der Waals surface area contributed by atoms with Crippen LogP contribution in [0.15, 0.2) is 133 Å². The topological polar surface area (TPSA) is 172 Å². The number of carbonyl (C=O) groups is 1. The molecule has 5 aromatic rings. The first-order chi connectivity index (χ1) is 38.2. The lowest BCUT2D eigenvalue weighted by Crippen LogP contribution is -2.70. The summed E-state index contributed by atoms with van der Waals surface area (Å²) in [4.78, 5) is 34.9. The molecule has 1 saturated carbocycles. The van der Waals surface area contributed by atoms with Crippen LogP contribution in [-0.2, 0) is 27.5 Å². The van der Waals surface area contributed by atoms with Crippen LogP contribution in [0.1, 0.15) is 139 Å². The van der Waals surface area contributed by atoms with Crippen LogP contribution in [0.3, 0.4) is 0 Å². The summed E-state index contributed by atoms with van der Waals surface area (Å²) >= 11 is 0. The van der Waals surface area contributed by atoms with Crippen LogP contribution in [0.2, 0.25) is 0 Å². The minimum absolute atomic E-state index is 0.00437. The minimum atomic E-state index is -1.48. The van der Waals surface area contributed by atoms with Gasteiger partial charge in [0.2, 0.25) is 18.5 Å². The van der Waals surface area contributed by atoms with Gasteiger partial charge in [-0.3, -0.25) is 14.9 Å². The first-order valence-corrected chi connectivity index (χ1v) is 28.5. The van der Waals surface area contributed by atoms with Crippen molar-refractivity contribution >= 4 is 28.1 Å². The zero-order valence-corrected chi connectivity index (χ0v) is 45.2. The molecule has 14 nitrogen and oxygen atoms in total. The molecule has 414 valence electrons. The predicted octanol–water partition coefficient (Wildman–Crippen LogP) is 14.1. The Balaban J connectivity index is 1.18. The first kappa shape index (κ1) is 56.0. The molecule has 5 aromatic carbocycles. The summed E-state index contributed by atoms with van der Waals surface area (Å²) in [6.45, 7) is 6.99. The maximum absolute atomic E-state index is 15.5. The van der Waals surface area contributed by atoms with E-state index in [-0.39, 0.29) is 75.5 Å². The van der Waals surface area contributed by atoms with Crippen LogP contribution in [0.5, 0.6) is 28.7 Å². The smallest absolute Gasteiger partial charge is 0.269 e. The standard InChI is InChI=1S/C64H77N3O11/c1-3-5-6-7-8-9-10-11-12-23-61(70)66(42-46-26-32-58-59(37-46)74-44-73-58)60-41-56(65-76-43-45-24-28-50(29-25-45)67(71)72)54-39-49(21-15-17-34-68)53(22-16-18-35-69)62-55-40-52(77-51-30-27-47-19-13-14-20-48(47)38-51)31-33-57(55)78-64(60,63(54)62)75-36-4-2/h4,13-14,19-20,24-33,37-40,49,53,60,62-63,68-69H,2-3,5-12,15-18,21-23,34-36,41-44H2,1H3. The number of carbonyl (C=O) groups excluding carboxylic acids is 1. The molecule has 1 fully saturated rings. The second-order valence-corrected chi connectivity index (χ2v) is 21.4. The number of benzene rings is 5. The van der Waals surface area contributed by atoms with E-state index in [9.17, 15) is 20.3 Å². The fourth-order valence-corrected chi connectivity index (χ4v) is 12.3. The van der Waals surface area contributed by atoms with E-state index in [0.29, 0.717) is 59.3 Å². The van der Waals surface area contributed by atoms with Gasteiger partial charge in [-0.25, -0.2) is 0 Å². The number of oxime groups is 1. The monoisotopic (exact) mass is 1060 g/mol. The highest BCUT2D eigenvalue weighted by Gasteiger charge is 2.65. The molecular weight excluding hydrogens is 987 g/mol. The lowest BCUT2D eigenvalue weighted by atomic mass is 9.55. The highest BCUT2D eigenvalue weighted by molar-refractivity contribution is 6.03. The van der Waals surface area contributed by atoms with Crippen molar-refractivity contribution in [2.45, 2.75) is 147 Å². The summed E-state index contributed by atoms with van der Waals surface area (Å²) in [5, 5.41) is 39.1. The maximum atomic E-state index is 15.5. The van der Waals surface area contributed by atoms with Gasteiger partial charge in [0.25, 0.3) is 5.69 Å². The number of non-ortho nitro benzene ring substituents is 1. The number of unbranched alkanes of at least 4 members (excludes halogenated alkanes) is 10. The van der Waals surface area contributed by atoms with E-state index >= 15 is 4.79 Å². The predicted molar refractivity (Wildman–Crippen MR) is 302 cm³/mol. The number of nitro benzene ring substituents is 1. The van der Waals surface area contributed by atoms with Crippen molar-refractivity contribution in [2.24, 2.45) is 22.9 Å². The third-order valence-corrected chi connectivity index (χ3v) is 16.1. The number of allylic oxidation sites excluding steroid dienone is 1.